The quantitative estimate of drug-likeness (QED) is 0.153. The summed E-state index contributed by atoms with van der Waals surface area (Å²) in [5.74, 6) is 1.03. The first-order chi connectivity index (χ1) is 21.0. The van der Waals surface area contributed by atoms with Crippen molar-refractivity contribution in [3.8, 4) is 5.75 Å². The Bertz CT molecular complexity index is 1640. The average molecular weight is 632 g/mol. The van der Waals surface area contributed by atoms with Gasteiger partial charge in [-0.15, -0.1) is 13.2 Å². The van der Waals surface area contributed by atoms with E-state index in [0.717, 1.165) is 72.2 Å². The monoisotopic (exact) mass is 631 g/mol. The van der Waals surface area contributed by atoms with Crippen LogP contribution < -0.4 is 20.1 Å². The summed E-state index contributed by atoms with van der Waals surface area (Å²) in [6.45, 7) is 1.56. The Morgan fingerprint density at radius 1 is 0.818 bits per heavy atom. The second-order valence-electron chi connectivity index (χ2n) is 10.9. The molecule has 0 amide bonds. The molecular formula is C31H33F4N5O3S. The molecule has 0 bridgehead atoms. The molecule has 3 aromatic carbocycles. The highest BCUT2D eigenvalue weighted by Gasteiger charge is 2.31. The molecule has 8 nitrogen and oxygen atoms in total. The van der Waals surface area contributed by atoms with Crippen LogP contribution in [0.3, 0.4) is 0 Å². The number of nitrogens with zero attached hydrogens (tertiary/aromatic N) is 2. The van der Waals surface area contributed by atoms with Gasteiger partial charge in [0.1, 0.15) is 17.4 Å². The minimum absolute atomic E-state index is 0.121. The van der Waals surface area contributed by atoms with Crippen molar-refractivity contribution in [2.75, 3.05) is 30.3 Å². The second-order valence-corrected chi connectivity index (χ2v) is 12.6. The molecule has 0 spiro atoms. The first kappa shape index (κ1) is 31.5. The van der Waals surface area contributed by atoms with Crippen LogP contribution in [0.1, 0.15) is 31.2 Å². The number of ether oxygens (including phenoxy) is 1. The van der Waals surface area contributed by atoms with Gasteiger partial charge < -0.3 is 15.4 Å². The lowest BCUT2D eigenvalue weighted by molar-refractivity contribution is -0.274. The smallest absolute Gasteiger partial charge is 0.406 e. The number of alkyl halides is 3. The van der Waals surface area contributed by atoms with E-state index in [1.54, 1.807) is 12.1 Å². The van der Waals surface area contributed by atoms with Gasteiger partial charge >= 0.3 is 6.36 Å². The minimum Gasteiger partial charge on any atom is -0.406 e. The Morgan fingerprint density at radius 3 is 2.16 bits per heavy atom. The van der Waals surface area contributed by atoms with Gasteiger partial charge in [0.05, 0.1) is 10.4 Å². The standard InChI is InChI=1S/C31H33F4N5O3S/c32-24-11-9-21(10-12-24)17-18-36-29-27-3-1-2-4-28(27)39-30(40-29)37-19-22-5-7-23(8-6-22)20-38-44(41,42)26-15-13-25(14-16-26)43-31(33,34)35/h1-4,9-16,22-23,38H,5-8,17-20H2,(H2,36,37,39,40). The van der Waals surface area contributed by atoms with Crippen LogP contribution in [0.4, 0.5) is 29.3 Å². The first-order valence-electron chi connectivity index (χ1n) is 14.4. The largest absolute Gasteiger partial charge is 0.573 e. The fourth-order valence-corrected chi connectivity index (χ4v) is 6.39. The lowest BCUT2D eigenvalue weighted by Crippen LogP contribution is -2.32. The zero-order chi connectivity index (χ0) is 31.2. The summed E-state index contributed by atoms with van der Waals surface area (Å²) in [7, 11) is -3.86. The van der Waals surface area contributed by atoms with E-state index in [0.29, 0.717) is 31.4 Å². The number of halogens is 4. The van der Waals surface area contributed by atoms with Crippen LogP contribution in [0.15, 0.2) is 77.7 Å². The van der Waals surface area contributed by atoms with Crippen LogP contribution in [0.5, 0.6) is 5.75 Å². The van der Waals surface area contributed by atoms with Crippen molar-refractivity contribution in [2.24, 2.45) is 11.8 Å². The molecule has 0 unspecified atom stereocenters. The number of fused-ring (bicyclic) bond motifs is 1. The molecule has 1 aromatic heterocycles. The normalized spacial score (nSPS) is 17.4. The van der Waals surface area contributed by atoms with Gasteiger partial charge in [0.15, 0.2) is 0 Å². The van der Waals surface area contributed by atoms with Crippen molar-refractivity contribution in [1.82, 2.24) is 14.7 Å². The zero-order valence-corrected chi connectivity index (χ0v) is 24.6. The van der Waals surface area contributed by atoms with Crippen molar-refractivity contribution in [3.63, 3.8) is 0 Å². The van der Waals surface area contributed by atoms with Crippen LogP contribution in [0.25, 0.3) is 10.9 Å². The molecular weight excluding hydrogens is 598 g/mol. The molecule has 0 radical (unpaired) electrons. The molecule has 1 fully saturated rings. The number of para-hydroxylation sites is 1. The number of aromatic nitrogens is 2. The highest BCUT2D eigenvalue weighted by Crippen LogP contribution is 2.30. The molecule has 1 aliphatic carbocycles. The highest BCUT2D eigenvalue weighted by molar-refractivity contribution is 7.89. The van der Waals surface area contributed by atoms with Gasteiger partial charge in [0.2, 0.25) is 16.0 Å². The molecule has 1 aliphatic rings. The van der Waals surface area contributed by atoms with Crippen molar-refractivity contribution in [1.29, 1.82) is 0 Å². The fourth-order valence-electron chi connectivity index (χ4n) is 5.27. The van der Waals surface area contributed by atoms with E-state index in [-0.39, 0.29) is 23.2 Å². The first-order valence-corrected chi connectivity index (χ1v) is 15.9. The number of sulfonamides is 1. The average Bonchev–Trinajstić information content (AvgIpc) is 3.00. The summed E-state index contributed by atoms with van der Waals surface area (Å²) in [5.41, 5.74) is 1.83. The van der Waals surface area contributed by atoms with Gasteiger partial charge in [-0.3, -0.25) is 0 Å². The van der Waals surface area contributed by atoms with Crippen LogP contribution >= 0.6 is 0 Å². The summed E-state index contributed by atoms with van der Waals surface area (Å²) >= 11 is 0. The van der Waals surface area contributed by atoms with Gasteiger partial charge in [-0.2, -0.15) is 4.98 Å². The molecule has 234 valence electrons. The van der Waals surface area contributed by atoms with Crippen LogP contribution in [-0.2, 0) is 16.4 Å². The topological polar surface area (TPSA) is 105 Å². The number of nitrogens with one attached hydrogen (secondary N) is 3. The van der Waals surface area contributed by atoms with E-state index < -0.39 is 22.1 Å². The summed E-state index contributed by atoms with van der Waals surface area (Å²) < 4.78 is 82.0. The van der Waals surface area contributed by atoms with Crippen molar-refractivity contribution < 1.29 is 30.7 Å². The fraction of sp³-hybridized carbons (Fsp3) is 0.355. The van der Waals surface area contributed by atoms with E-state index >= 15 is 0 Å². The predicted octanol–water partition coefficient (Wildman–Crippen LogP) is 6.52. The Hall–Kier alpha value is -3.97. The number of benzene rings is 3. The van der Waals surface area contributed by atoms with Crippen molar-refractivity contribution >= 4 is 32.7 Å². The number of hydrogen-bond acceptors (Lipinski definition) is 7. The highest BCUT2D eigenvalue weighted by atomic mass is 32.2. The molecule has 1 heterocycles. The lowest BCUT2D eigenvalue weighted by Gasteiger charge is -2.28. The van der Waals surface area contributed by atoms with Gasteiger partial charge in [0, 0.05) is 25.0 Å². The van der Waals surface area contributed by atoms with Crippen LogP contribution in [-0.4, -0.2) is 44.4 Å². The lowest BCUT2D eigenvalue weighted by atomic mass is 9.82. The molecule has 13 heteroatoms. The summed E-state index contributed by atoms with van der Waals surface area (Å²) in [6.07, 6.45) is -0.658. The molecule has 0 atom stereocenters. The van der Waals surface area contributed by atoms with Gasteiger partial charge in [0.25, 0.3) is 0 Å². The SMILES string of the molecule is O=S(=O)(NCC1CCC(CNc2nc(NCCc3ccc(F)cc3)c3ccccc3n2)CC1)c1ccc(OC(F)(F)F)cc1. The third-order valence-corrected chi connectivity index (χ3v) is 9.11. The molecule has 5 rings (SSSR count). The number of hydrogen-bond donors (Lipinski definition) is 3. The number of rotatable bonds is 12. The van der Waals surface area contributed by atoms with Crippen LogP contribution in [0, 0.1) is 17.7 Å². The van der Waals surface area contributed by atoms with Crippen molar-refractivity contribution in [3.05, 3.63) is 84.2 Å². The van der Waals surface area contributed by atoms with Crippen molar-refractivity contribution in [2.45, 2.75) is 43.4 Å². The Kier molecular flexibility index (Phi) is 9.84. The molecule has 44 heavy (non-hydrogen) atoms. The minimum atomic E-state index is -4.84. The van der Waals surface area contributed by atoms with E-state index in [1.807, 2.05) is 24.3 Å². The second kappa shape index (κ2) is 13.8. The summed E-state index contributed by atoms with van der Waals surface area (Å²) in [5, 5.41) is 7.68. The molecule has 0 saturated heterocycles. The Balaban J connectivity index is 1.10. The van der Waals surface area contributed by atoms with Crippen LogP contribution in [0.2, 0.25) is 0 Å². The maximum absolute atomic E-state index is 13.2. The maximum atomic E-state index is 13.2. The van der Waals surface area contributed by atoms with E-state index in [9.17, 15) is 26.0 Å². The summed E-state index contributed by atoms with van der Waals surface area (Å²) in [6, 6.07) is 18.3. The zero-order valence-electron chi connectivity index (χ0n) is 23.8. The maximum Gasteiger partial charge on any atom is 0.573 e. The third kappa shape index (κ3) is 8.79. The van der Waals surface area contributed by atoms with Gasteiger partial charge in [-0.05, 0) is 98.0 Å². The Morgan fingerprint density at radius 2 is 1.48 bits per heavy atom. The number of anilines is 2. The molecule has 1 saturated carbocycles. The molecule has 3 N–H and O–H groups in total. The van der Waals surface area contributed by atoms with E-state index in [4.69, 9.17) is 4.98 Å². The Labute approximate surface area is 253 Å². The van der Waals surface area contributed by atoms with Gasteiger partial charge in [-0.25, -0.2) is 22.5 Å². The molecule has 0 aliphatic heterocycles. The summed E-state index contributed by atoms with van der Waals surface area (Å²) in [4.78, 5) is 9.27. The van der Waals surface area contributed by atoms with Gasteiger partial charge in [-0.1, -0.05) is 24.3 Å². The van der Waals surface area contributed by atoms with E-state index in [2.05, 4.69) is 25.1 Å². The third-order valence-electron chi connectivity index (χ3n) is 7.67. The van der Waals surface area contributed by atoms with E-state index in [1.165, 1.54) is 12.1 Å². The predicted molar refractivity (Wildman–Crippen MR) is 160 cm³/mol. The molecule has 4 aromatic rings.